The van der Waals surface area contributed by atoms with E-state index in [1.165, 1.54) is 11.3 Å². The molecule has 8 heteroatoms. The summed E-state index contributed by atoms with van der Waals surface area (Å²) in [6, 6.07) is 12.5. The number of amides is 1. The summed E-state index contributed by atoms with van der Waals surface area (Å²) in [7, 11) is 0. The second kappa shape index (κ2) is 9.16. The van der Waals surface area contributed by atoms with Crippen molar-refractivity contribution in [2.75, 3.05) is 13.2 Å². The molecule has 0 aliphatic heterocycles. The van der Waals surface area contributed by atoms with Crippen LogP contribution >= 0.6 is 27.3 Å². The second-order valence-electron chi connectivity index (χ2n) is 5.76. The number of carbonyl (C=O) groups excluding carboxylic acids is 2. The van der Waals surface area contributed by atoms with Crippen molar-refractivity contribution >= 4 is 49.4 Å². The van der Waals surface area contributed by atoms with Crippen molar-refractivity contribution in [2.45, 2.75) is 20.4 Å². The number of halogens is 1. The van der Waals surface area contributed by atoms with Crippen LogP contribution in [0.2, 0.25) is 0 Å². The molecule has 146 valence electrons. The number of hydrogen-bond acceptors (Lipinski definition) is 5. The zero-order valence-corrected chi connectivity index (χ0v) is 17.9. The first-order valence-electron chi connectivity index (χ1n) is 8.78. The number of fused-ring (bicyclic) bond motifs is 1. The minimum Gasteiger partial charge on any atom is -0.494 e. The lowest BCUT2D eigenvalue weighted by molar-refractivity contribution is -0.143. The smallest absolute Gasteiger partial charge is 0.326 e. The molecule has 1 amide bonds. The van der Waals surface area contributed by atoms with E-state index in [4.69, 9.17) is 9.47 Å². The zero-order chi connectivity index (χ0) is 20.1. The highest BCUT2D eigenvalue weighted by molar-refractivity contribution is 9.10. The maximum Gasteiger partial charge on any atom is 0.326 e. The van der Waals surface area contributed by atoms with Crippen LogP contribution in [0.15, 0.2) is 51.9 Å². The Balaban J connectivity index is 2.02. The van der Waals surface area contributed by atoms with Crippen LogP contribution in [-0.4, -0.2) is 29.7 Å². The molecular formula is C20H19BrN2O4S. The number of nitrogens with zero attached hydrogens (tertiary/aromatic N) is 2. The largest absolute Gasteiger partial charge is 0.494 e. The van der Waals surface area contributed by atoms with Gasteiger partial charge in [-0.15, -0.1) is 0 Å². The fraction of sp³-hybridized carbons (Fsp3) is 0.250. The maximum absolute atomic E-state index is 12.7. The molecule has 0 unspecified atom stereocenters. The molecule has 6 nitrogen and oxygen atoms in total. The van der Waals surface area contributed by atoms with Crippen LogP contribution in [0.1, 0.15) is 24.2 Å². The minimum atomic E-state index is -0.383. The fourth-order valence-corrected chi connectivity index (χ4v) is 4.21. The lowest BCUT2D eigenvalue weighted by Crippen LogP contribution is -2.23. The van der Waals surface area contributed by atoms with Gasteiger partial charge in [0.05, 0.1) is 23.4 Å². The summed E-state index contributed by atoms with van der Waals surface area (Å²) in [5, 5.41) is 0. The van der Waals surface area contributed by atoms with Crippen molar-refractivity contribution in [1.82, 2.24) is 4.57 Å². The molecule has 1 aromatic heterocycles. The third-order valence-electron chi connectivity index (χ3n) is 3.85. The summed E-state index contributed by atoms with van der Waals surface area (Å²) in [5.74, 6) is -0.0606. The van der Waals surface area contributed by atoms with Crippen molar-refractivity contribution in [3.8, 4) is 5.75 Å². The number of esters is 1. The van der Waals surface area contributed by atoms with Gasteiger partial charge in [-0.3, -0.25) is 9.59 Å². The summed E-state index contributed by atoms with van der Waals surface area (Å²) < 4.78 is 14.0. The molecule has 0 saturated heterocycles. The number of benzene rings is 2. The normalized spacial score (nSPS) is 11.6. The Labute approximate surface area is 174 Å². The van der Waals surface area contributed by atoms with Gasteiger partial charge in [-0.25, -0.2) is 0 Å². The molecule has 0 fully saturated rings. The van der Waals surface area contributed by atoms with E-state index in [0.717, 1.165) is 14.7 Å². The first kappa shape index (κ1) is 20.3. The van der Waals surface area contributed by atoms with Gasteiger partial charge in [-0.05, 0) is 56.3 Å². The molecule has 0 spiro atoms. The standard InChI is InChI=1S/C20H19BrN2O4S/c1-3-26-15-8-5-13(6-9-15)19(25)22-20-23(12-18(24)27-4-2)16-10-7-14(21)11-17(16)28-20/h5-11H,3-4,12H2,1-2H3. The van der Waals surface area contributed by atoms with Gasteiger partial charge in [-0.2, -0.15) is 4.99 Å². The number of aromatic nitrogens is 1. The van der Waals surface area contributed by atoms with Gasteiger partial charge in [0, 0.05) is 10.0 Å². The lowest BCUT2D eigenvalue weighted by atomic mass is 10.2. The first-order valence-corrected chi connectivity index (χ1v) is 10.4. The van der Waals surface area contributed by atoms with Crippen LogP contribution in [0.25, 0.3) is 10.2 Å². The number of thiazole rings is 1. The van der Waals surface area contributed by atoms with E-state index in [-0.39, 0.29) is 18.4 Å². The quantitative estimate of drug-likeness (QED) is 0.515. The topological polar surface area (TPSA) is 69.9 Å². The number of carbonyl (C=O) groups is 2. The Kier molecular flexibility index (Phi) is 6.64. The van der Waals surface area contributed by atoms with E-state index >= 15 is 0 Å². The van der Waals surface area contributed by atoms with Crippen molar-refractivity contribution in [3.63, 3.8) is 0 Å². The predicted octanol–water partition coefficient (Wildman–Crippen LogP) is 4.17. The highest BCUT2D eigenvalue weighted by atomic mass is 79.9. The number of rotatable bonds is 6. The average Bonchev–Trinajstić information content (AvgIpc) is 2.98. The summed E-state index contributed by atoms with van der Waals surface area (Å²) in [6.07, 6.45) is 0. The third-order valence-corrected chi connectivity index (χ3v) is 5.38. The van der Waals surface area contributed by atoms with Crippen LogP contribution < -0.4 is 9.54 Å². The summed E-state index contributed by atoms with van der Waals surface area (Å²) in [6.45, 7) is 4.50. The lowest BCUT2D eigenvalue weighted by Gasteiger charge is -2.05. The van der Waals surface area contributed by atoms with Crippen LogP contribution in [0, 0.1) is 0 Å². The van der Waals surface area contributed by atoms with Gasteiger partial charge in [0.2, 0.25) is 0 Å². The van der Waals surface area contributed by atoms with Crippen LogP contribution in [-0.2, 0) is 16.1 Å². The summed E-state index contributed by atoms with van der Waals surface area (Å²) >= 11 is 4.79. The molecular weight excluding hydrogens is 444 g/mol. The Hall–Kier alpha value is -2.45. The second-order valence-corrected chi connectivity index (χ2v) is 7.69. The monoisotopic (exact) mass is 462 g/mol. The van der Waals surface area contributed by atoms with Gasteiger partial charge in [0.25, 0.3) is 5.91 Å². The van der Waals surface area contributed by atoms with Crippen molar-refractivity contribution < 1.29 is 19.1 Å². The maximum atomic E-state index is 12.7. The van der Waals surface area contributed by atoms with Crippen molar-refractivity contribution in [2.24, 2.45) is 4.99 Å². The summed E-state index contributed by atoms with van der Waals surface area (Å²) in [5.41, 5.74) is 1.27. The number of hydrogen-bond donors (Lipinski definition) is 0. The molecule has 28 heavy (non-hydrogen) atoms. The van der Waals surface area contributed by atoms with Gasteiger partial charge < -0.3 is 14.0 Å². The van der Waals surface area contributed by atoms with Gasteiger partial charge in [0.15, 0.2) is 4.80 Å². The van der Waals surface area contributed by atoms with Crippen LogP contribution in [0.3, 0.4) is 0 Å². The Morgan fingerprint density at radius 1 is 1.11 bits per heavy atom. The molecule has 0 saturated carbocycles. The van der Waals surface area contributed by atoms with E-state index in [0.29, 0.717) is 29.3 Å². The Bertz CT molecular complexity index is 1070. The molecule has 1 heterocycles. The molecule has 0 bridgehead atoms. The number of ether oxygens (including phenoxy) is 2. The SMILES string of the molecule is CCOC(=O)Cn1c(=NC(=O)c2ccc(OCC)cc2)sc2cc(Br)ccc21. The van der Waals surface area contributed by atoms with E-state index in [2.05, 4.69) is 20.9 Å². The Morgan fingerprint density at radius 2 is 1.86 bits per heavy atom. The first-order chi connectivity index (χ1) is 13.5. The predicted molar refractivity (Wildman–Crippen MR) is 112 cm³/mol. The van der Waals surface area contributed by atoms with Gasteiger partial charge in [-0.1, -0.05) is 27.3 Å². The molecule has 0 aliphatic carbocycles. The van der Waals surface area contributed by atoms with Crippen molar-refractivity contribution in [3.05, 3.63) is 57.3 Å². The van der Waals surface area contributed by atoms with Crippen LogP contribution in [0.5, 0.6) is 5.75 Å². The van der Waals surface area contributed by atoms with E-state index in [1.54, 1.807) is 35.8 Å². The molecule has 0 radical (unpaired) electrons. The molecule has 3 rings (SSSR count). The molecule has 3 aromatic rings. The molecule has 0 atom stereocenters. The van der Waals surface area contributed by atoms with Crippen molar-refractivity contribution in [1.29, 1.82) is 0 Å². The Morgan fingerprint density at radius 3 is 2.54 bits per heavy atom. The molecule has 0 aliphatic rings. The average molecular weight is 463 g/mol. The fourth-order valence-electron chi connectivity index (χ4n) is 2.63. The van der Waals surface area contributed by atoms with E-state index in [9.17, 15) is 9.59 Å². The highest BCUT2D eigenvalue weighted by Gasteiger charge is 2.13. The third kappa shape index (κ3) is 4.69. The zero-order valence-electron chi connectivity index (χ0n) is 15.5. The summed E-state index contributed by atoms with van der Waals surface area (Å²) in [4.78, 5) is 29.4. The van der Waals surface area contributed by atoms with Crippen LogP contribution in [0.4, 0.5) is 0 Å². The molecule has 0 N–H and O–H groups in total. The van der Waals surface area contributed by atoms with Gasteiger partial charge in [0.1, 0.15) is 12.3 Å². The highest BCUT2D eigenvalue weighted by Crippen LogP contribution is 2.22. The molecule has 2 aromatic carbocycles. The van der Waals surface area contributed by atoms with E-state index < -0.39 is 0 Å². The minimum absolute atomic E-state index is 0.00906. The van der Waals surface area contributed by atoms with E-state index in [1.807, 2.05) is 25.1 Å². The van der Waals surface area contributed by atoms with Gasteiger partial charge >= 0.3 is 5.97 Å².